The number of benzene rings is 2. The highest BCUT2D eigenvalue weighted by Crippen LogP contribution is 2.24. The molecule has 9 heteroatoms. The zero-order valence-corrected chi connectivity index (χ0v) is 20.8. The molecule has 2 heterocycles. The first kappa shape index (κ1) is 23.4. The SMILES string of the molecule is Cc1ccc(-n2c(=S)sc3c(=O)[nH]c(SCC(=O)N[C@@H](C)CCc4ccccc4)nc32)cc1. The van der Waals surface area contributed by atoms with Gasteiger partial charge in [0, 0.05) is 11.7 Å². The summed E-state index contributed by atoms with van der Waals surface area (Å²) in [4.78, 5) is 32.5. The average molecular weight is 497 g/mol. The maximum Gasteiger partial charge on any atom is 0.271 e. The molecule has 6 nitrogen and oxygen atoms in total. The number of carbonyl (C=O) groups is 1. The molecule has 0 saturated heterocycles. The Labute approximate surface area is 205 Å². The second-order valence-corrected chi connectivity index (χ2v) is 10.5. The molecule has 170 valence electrons. The van der Waals surface area contributed by atoms with Gasteiger partial charge in [-0.3, -0.25) is 14.2 Å². The number of amides is 1. The second-order valence-electron chi connectivity index (χ2n) is 7.84. The Bertz CT molecular complexity index is 1380. The van der Waals surface area contributed by atoms with Gasteiger partial charge in [-0.1, -0.05) is 71.1 Å². The van der Waals surface area contributed by atoms with Crippen molar-refractivity contribution in [2.24, 2.45) is 0 Å². The minimum absolute atomic E-state index is 0.0520. The largest absolute Gasteiger partial charge is 0.353 e. The molecule has 0 aliphatic heterocycles. The maximum atomic E-state index is 12.6. The molecule has 0 aliphatic carbocycles. The van der Waals surface area contributed by atoms with Gasteiger partial charge in [0.1, 0.15) is 4.70 Å². The topological polar surface area (TPSA) is 79.8 Å². The van der Waals surface area contributed by atoms with Crippen molar-refractivity contribution >= 4 is 51.6 Å². The van der Waals surface area contributed by atoms with E-state index in [0.717, 1.165) is 24.1 Å². The monoisotopic (exact) mass is 496 g/mol. The lowest BCUT2D eigenvalue weighted by molar-refractivity contribution is -0.119. The summed E-state index contributed by atoms with van der Waals surface area (Å²) >= 11 is 7.94. The molecular weight excluding hydrogens is 472 g/mol. The molecule has 33 heavy (non-hydrogen) atoms. The van der Waals surface area contributed by atoms with E-state index in [4.69, 9.17) is 12.2 Å². The smallest absolute Gasteiger partial charge is 0.271 e. The minimum atomic E-state index is -0.249. The van der Waals surface area contributed by atoms with Gasteiger partial charge in [0.15, 0.2) is 14.8 Å². The fourth-order valence-electron chi connectivity index (χ4n) is 3.43. The third-order valence-corrected chi connectivity index (χ3v) is 7.40. The third-order valence-electron chi connectivity index (χ3n) is 5.17. The zero-order valence-electron chi connectivity index (χ0n) is 18.3. The van der Waals surface area contributed by atoms with Gasteiger partial charge in [-0.2, -0.15) is 0 Å². The van der Waals surface area contributed by atoms with Crippen LogP contribution in [0.25, 0.3) is 16.0 Å². The highest BCUT2D eigenvalue weighted by atomic mass is 32.2. The van der Waals surface area contributed by atoms with E-state index in [1.165, 1.54) is 28.7 Å². The first-order valence-corrected chi connectivity index (χ1v) is 12.8. The average Bonchev–Trinajstić information content (AvgIpc) is 3.14. The van der Waals surface area contributed by atoms with E-state index in [1.807, 2.05) is 56.3 Å². The van der Waals surface area contributed by atoms with Crippen LogP contribution in [-0.4, -0.2) is 32.2 Å². The van der Waals surface area contributed by atoms with Crippen molar-refractivity contribution in [3.05, 3.63) is 80.0 Å². The van der Waals surface area contributed by atoms with E-state index in [-0.39, 0.29) is 23.3 Å². The molecule has 1 amide bonds. The predicted molar refractivity (Wildman–Crippen MR) is 138 cm³/mol. The molecular formula is C24H24N4O2S3. The molecule has 4 rings (SSSR count). The number of rotatable bonds is 8. The van der Waals surface area contributed by atoms with Crippen molar-refractivity contribution in [2.75, 3.05) is 5.75 Å². The first-order valence-electron chi connectivity index (χ1n) is 10.6. The van der Waals surface area contributed by atoms with E-state index < -0.39 is 0 Å². The minimum Gasteiger partial charge on any atom is -0.353 e. The zero-order chi connectivity index (χ0) is 23.4. The van der Waals surface area contributed by atoms with Crippen molar-refractivity contribution < 1.29 is 4.79 Å². The molecule has 0 radical (unpaired) electrons. The van der Waals surface area contributed by atoms with Crippen LogP contribution in [-0.2, 0) is 11.2 Å². The summed E-state index contributed by atoms with van der Waals surface area (Å²) < 4.78 is 2.84. The highest BCUT2D eigenvalue weighted by molar-refractivity contribution is 7.99. The number of hydrogen-bond donors (Lipinski definition) is 2. The number of nitrogens with one attached hydrogen (secondary N) is 2. The standard InChI is InChI=1S/C24H24N4O2S3/c1-15-8-12-18(13-9-15)28-21-20(33-24(28)31)22(30)27-23(26-21)32-14-19(29)25-16(2)10-11-17-6-4-3-5-7-17/h3-9,12-13,16H,10-11,14H2,1-2H3,(H,25,29)(H,26,27,30)/t16-/m0/s1. The van der Waals surface area contributed by atoms with Crippen molar-refractivity contribution in [1.82, 2.24) is 19.9 Å². The quantitative estimate of drug-likeness (QED) is 0.203. The van der Waals surface area contributed by atoms with E-state index in [1.54, 1.807) is 4.57 Å². The Kier molecular flexibility index (Phi) is 7.42. The van der Waals surface area contributed by atoms with Gasteiger partial charge in [0.25, 0.3) is 5.56 Å². The van der Waals surface area contributed by atoms with Crippen LogP contribution in [0.4, 0.5) is 0 Å². The molecule has 0 saturated carbocycles. The Morgan fingerprint density at radius 3 is 2.67 bits per heavy atom. The molecule has 2 aromatic carbocycles. The van der Waals surface area contributed by atoms with Crippen molar-refractivity contribution in [1.29, 1.82) is 0 Å². The van der Waals surface area contributed by atoms with Crippen LogP contribution >= 0.6 is 35.3 Å². The van der Waals surface area contributed by atoms with Crippen molar-refractivity contribution in [2.45, 2.75) is 37.9 Å². The molecule has 1 atom stereocenters. The fourth-order valence-corrected chi connectivity index (χ4v) is 5.37. The third kappa shape index (κ3) is 5.79. The molecule has 0 spiro atoms. The van der Waals surface area contributed by atoms with Crippen LogP contribution in [0.15, 0.2) is 64.5 Å². The first-order chi connectivity index (χ1) is 15.9. The molecule has 0 fully saturated rings. The number of hydrogen-bond acceptors (Lipinski definition) is 6. The van der Waals surface area contributed by atoms with Crippen LogP contribution in [0, 0.1) is 10.9 Å². The number of H-pyrrole nitrogens is 1. The number of aryl methyl sites for hydroxylation is 2. The lowest BCUT2D eigenvalue weighted by Gasteiger charge is -2.13. The number of thioether (sulfide) groups is 1. The lowest BCUT2D eigenvalue weighted by Crippen LogP contribution is -2.34. The van der Waals surface area contributed by atoms with Gasteiger partial charge in [-0.05, 0) is 56.6 Å². The Balaban J connectivity index is 1.44. The Morgan fingerprint density at radius 2 is 1.94 bits per heavy atom. The molecule has 2 N–H and O–H groups in total. The number of thiazole rings is 1. The van der Waals surface area contributed by atoms with E-state index in [0.29, 0.717) is 19.5 Å². The fraction of sp³-hybridized carbons (Fsp3) is 0.250. The summed E-state index contributed by atoms with van der Waals surface area (Å²) in [6.45, 7) is 4.01. The van der Waals surface area contributed by atoms with Gasteiger partial charge in [-0.25, -0.2) is 4.98 Å². The maximum absolute atomic E-state index is 12.6. The number of carbonyl (C=O) groups excluding carboxylic acids is 1. The van der Waals surface area contributed by atoms with E-state index in [2.05, 4.69) is 27.4 Å². The summed E-state index contributed by atoms with van der Waals surface area (Å²) in [5.41, 5.74) is 3.51. The second kappa shape index (κ2) is 10.5. The number of fused-ring (bicyclic) bond motifs is 1. The normalized spacial score (nSPS) is 12.1. The van der Waals surface area contributed by atoms with Crippen molar-refractivity contribution in [3.63, 3.8) is 0 Å². The van der Waals surface area contributed by atoms with Gasteiger partial charge in [0.05, 0.1) is 5.75 Å². The van der Waals surface area contributed by atoms with Gasteiger partial charge < -0.3 is 10.3 Å². The Hall–Kier alpha value is -2.75. The van der Waals surface area contributed by atoms with E-state index in [9.17, 15) is 9.59 Å². The summed E-state index contributed by atoms with van der Waals surface area (Å²) in [6.07, 6.45) is 1.76. The molecule has 2 aromatic heterocycles. The summed E-state index contributed by atoms with van der Waals surface area (Å²) in [6, 6.07) is 18.2. The van der Waals surface area contributed by atoms with Crippen LogP contribution in [0.3, 0.4) is 0 Å². The summed E-state index contributed by atoms with van der Waals surface area (Å²) in [7, 11) is 0. The molecule has 0 bridgehead atoms. The van der Waals surface area contributed by atoms with Gasteiger partial charge >= 0.3 is 0 Å². The molecule has 0 aliphatic rings. The summed E-state index contributed by atoms with van der Waals surface area (Å²) in [5.74, 6) is 0.0727. The molecule has 0 unspecified atom stereocenters. The predicted octanol–water partition coefficient (Wildman–Crippen LogP) is 5.04. The van der Waals surface area contributed by atoms with Crippen LogP contribution in [0.1, 0.15) is 24.5 Å². The van der Waals surface area contributed by atoms with E-state index >= 15 is 0 Å². The summed E-state index contributed by atoms with van der Waals surface area (Å²) in [5, 5.41) is 3.42. The van der Waals surface area contributed by atoms with Crippen LogP contribution < -0.4 is 10.9 Å². The number of aromatic nitrogens is 3. The highest BCUT2D eigenvalue weighted by Gasteiger charge is 2.15. The number of aromatic amines is 1. The number of nitrogens with zero attached hydrogens (tertiary/aromatic N) is 2. The van der Waals surface area contributed by atoms with Crippen LogP contribution in [0.2, 0.25) is 0 Å². The Morgan fingerprint density at radius 1 is 1.21 bits per heavy atom. The molecule has 4 aromatic rings. The van der Waals surface area contributed by atoms with Crippen molar-refractivity contribution in [3.8, 4) is 5.69 Å². The van der Waals surface area contributed by atoms with Gasteiger partial charge in [0.2, 0.25) is 5.91 Å². The van der Waals surface area contributed by atoms with Gasteiger partial charge in [-0.15, -0.1) is 0 Å². The van der Waals surface area contributed by atoms with Crippen LogP contribution in [0.5, 0.6) is 0 Å². The lowest BCUT2D eigenvalue weighted by atomic mass is 10.1.